The Kier molecular flexibility index (Phi) is 5.77. The van der Waals surface area contributed by atoms with E-state index >= 15 is 0 Å². The molecule has 17 heavy (non-hydrogen) atoms. The molecule has 0 aromatic heterocycles. The minimum Gasteiger partial charge on any atom is -0.493 e. The summed E-state index contributed by atoms with van der Waals surface area (Å²) in [6.07, 6.45) is 5.39. The standard InChI is InChI=1S/C13H22N2O2/c1-4-6-15-12-8-10(9-16)7-11(14-5-2)13(12)17-3/h4,6,10,15-16H,5,7-9H2,1-3H3/b6-4+,14-11?. The van der Waals surface area contributed by atoms with Crippen LogP contribution in [0.3, 0.4) is 0 Å². The van der Waals surface area contributed by atoms with E-state index in [4.69, 9.17) is 4.74 Å². The monoisotopic (exact) mass is 238 g/mol. The van der Waals surface area contributed by atoms with E-state index in [-0.39, 0.29) is 12.5 Å². The molecular weight excluding hydrogens is 216 g/mol. The van der Waals surface area contributed by atoms with E-state index in [9.17, 15) is 5.11 Å². The van der Waals surface area contributed by atoms with Crippen LogP contribution in [0.25, 0.3) is 0 Å². The molecule has 0 radical (unpaired) electrons. The van der Waals surface area contributed by atoms with Gasteiger partial charge >= 0.3 is 0 Å². The first kappa shape index (κ1) is 13.8. The zero-order chi connectivity index (χ0) is 12.7. The summed E-state index contributed by atoms with van der Waals surface area (Å²) in [5.41, 5.74) is 1.95. The van der Waals surface area contributed by atoms with Crippen LogP contribution in [0.5, 0.6) is 0 Å². The Bertz CT molecular complexity index is 332. The van der Waals surface area contributed by atoms with Crippen LogP contribution >= 0.6 is 0 Å². The van der Waals surface area contributed by atoms with E-state index < -0.39 is 0 Å². The van der Waals surface area contributed by atoms with Crippen molar-refractivity contribution in [2.24, 2.45) is 10.9 Å². The Hall–Kier alpha value is -1.29. The fourth-order valence-electron chi connectivity index (χ4n) is 2.00. The van der Waals surface area contributed by atoms with Crippen LogP contribution in [0.15, 0.2) is 28.7 Å². The first-order valence-electron chi connectivity index (χ1n) is 6.06. The van der Waals surface area contributed by atoms with E-state index in [1.165, 1.54) is 0 Å². The molecule has 1 aliphatic carbocycles. The third-order valence-corrected chi connectivity index (χ3v) is 2.75. The molecule has 0 aromatic carbocycles. The zero-order valence-electron chi connectivity index (χ0n) is 10.9. The van der Waals surface area contributed by atoms with Crippen molar-refractivity contribution in [3.05, 3.63) is 23.7 Å². The van der Waals surface area contributed by atoms with Gasteiger partial charge in [-0.1, -0.05) is 6.08 Å². The van der Waals surface area contributed by atoms with Gasteiger partial charge in [0.05, 0.1) is 18.5 Å². The fourth-order valence-corrected chi connectivity index (χ4v) is 2.00. The van der Waals surface area contributed by atoms with Gasteiger partial charge in [0, 0.05) is 13.2 Å². The van der Waals surface area contributed by atoms with E-state index in [2.05, 4.69) is 10.3 Å². The highest BCUT2D eigenvalue weighted by Gasteiger charge is 2.26. The molecular formula is C13H22N2O2. The Morgan fingerprint density at radius 2 is 2.29 bits per heavy atom. The Morgan fingerprint density at radius 1 is 1.53 bits per heavy atom. The maximum absolute atomic E-state index is 9.31. The quantitative estimate of drug-likeness (QED) is 0.768. The molecule has 1 atom stereocenters. The van der Waals surface area contributed by atoms with Crippen molar-refractivity contribution in [3.8, 4) is 0 Å². The van der Waals surface area contributed by atoms with Gasteiger partial charge in [0.25, 0.3) is 0 Å². The summed E-state index contributed by atoms with van der Waals surface area (Å²) in [7, 11) is 1.66. The van der Waals surface area contributed by atoms with Crippen LogP contribution in [0, 0.1) is 5.92 Å². The van der Waals surface area contributed by atoms with Gasteiger partial charge in [0.1, 0.15) is 0 Å². The van der Waals surface area contributed by atoms with Crippen LogP contribution in [0.4, 0.5) is 0 Å². The molecule has 1 rings (SSSR count). The molecule has 4 heteroatoms. The number of hydrogen-bond donors (Lipinski definition) is 2. The number of aliphatic imine (C=N–C) groups is 1. The predicted molar refractivity (Wildman–Crippen MR) is 69.8 cm³/mol. The van der Waals surface area contributed by atoms with Gasteiger partial charge in [-0.2, -0.15) is 0 Å². The summed E-state index contributed by atoms with van der Waals surface area (Å²) in [5.74, 6) is 1.06. The molecule has 0 aromatic rings. The van der Waals surface area contributed by atoms with Crippen molar-refractivity contribution >= 4 is 5.71 Å². The second-order valence-corrected chi connectivity index (χ2v) is 4.03. The maximum Gasteiger partial charge on any atom is 0.159 e. The molecule has 0 saturated heterocycles. The van der Waals surface area contributed by atoms with Gasteiger partial charge in [-0.05, 0) is 38.8 Å². The highest BCUT2D eigenvalue weighted by molar-refractivity contribution is 6.00. The molecule has 96 valence electrons. The zero-order valence-corrected chi connectivity index (χ0v) is 10.9. The average molecular weight is 238 g/mol. The minimum absolute atomic E-state index is 0.181. The number of ether oxygens (including phenoxy) is 1. The minimum atomic E-state index is 0.181. The SMILES string of the molecule is C/C=C/NC1=C(OC)C(=NCC)CC(CO)C1. The molecule has 0 heterocycles. The number of aliphatic hydroxyl groups is 1. The lowest BCUT2D eigenvalue weighted by Gasteiger charge is -2.26. The second-order valence-electron chi connectivity index (χ2n) is 4.03. The van der Waals surface area contributed by atoms with Crippen LogP contribution in [-0.2, 0) is 4.74 Å². The predicted octanol–water partition coefficient (Wildman–Crippen LogP) is 1.83. The lowest BCUT2D eigenvalue weighted by molar-refractivity contribution is 0.217. The first-order chi connectivity index (χ1) is 8.26. The molecule has 0 aliphatic heterocycles. The third kappa shape index (κ3) is 3.60. The molecule has 0 bridgehead atoms. The highest BCUT2D eigenvalue weighted by Crippen LogP contribution is 2.26. The van der Waals surface area contributed by atoms with Gasteiger partial charge in [-0.25, -0.2) is 0 Å². The third-order valence-electron chi connectivity index (χ3n) is 2.75. The normalized spacial score (nSPS) is 23.5. The van der Waals surface area contributed by atoms with Crippen LogP contribution in [-0.4, -0.2) is 31.1 Å². The largest absolute Gasteiger partial charge is 0.493 e. The van der Waals surface area contributed by atoms with Crippen molar-refractivity contribution < 1.29 is 9.84 Å². The maximum atomic E-state index is 9.31. The molecule has 1 aliphatic rings. The second kappa shape index (κ2) is 7.12. The number of hydrogen-bond acceptors (Lipinski definition) is 4. The van der Waals surface area contributed by atoms with Crippen molar-refractivity contribution in [1.82, 2.24) is 5.32 Å². The smallest absolute Gasteiger partial charge is 0.159 e. The summed E-state index contributed by atoms with van der Waals surface area (Å²) >= 11 is 0. The fraction of sp³-hybridized carbons (Fsp3) is 0.615. The Labute approximate surface area is 103 Å². The van der Waals surface area contributed by atoms with E-state index in [1.807, 2.05) is 26.1 Å². The van der Waals surface area contributed by atoms with Crippen molar-refractivity contribution in [1.29, 1.82) is 0 Å². The van der Waals surface area contributed by atoms with Crippen LogP contribution < -0.4 is 5.32 Å². The molecule has 0 amide bonds. The van der Waals surface area contributed by atoms with E-state index in [0.717, 1.165) is 36.6 Å². The van der Waals surface area contributed by atoms with Crippen LogP contribution in [0.2, 0.25) is 0 Å². The Morgan fingerprint density at radius 3 is 2.82 bits per heavy atom. The number of allylic oxidation sites excluding steroid dienone is 3. The van der Waals surface area contributed by atoms with Gasteiger partial charge in [-0.15, -0.1) is 0 Å². The molecule has 4 nitrogen and oxygen atoms in total. The number of rotatable bonds is 5. The average Bonchev–Trinajstić information content (AvgIpc) is 2.36. The van der Waals surface area contributed by atoms with Crippen molar-refractivity contribution in [2.75, 3.05) is 20.3 Å². The molecule has 1 unspecified atom stereocenters. The highest BCUT2D eigenvalue weighted by atomic mass is 16.5. The van der Waals surface area contributed by atoms with Gasteiger partial charge in [0.2, 0.25) is 0 Å². The molecule has 0 saturated carbocycles. The molecule has 2 N–H and O–H groups in total. The molecule has 0 fully saturated rings. The number of methoxy groups -OCH3 is 1. The van der Waals surface area contributed by atoms with Gasteiger partial charge in [0.15, 0.2) is 5.76 Å². The lowest BCUT2D eigenvalue weighted by atomic mass is 9.90. The van der Waals surface area contributed by atoms with Gasteiger partial charge < -0.3 is 15.2 Å². The topological polar surface area (TPSA) is 53.8 Å². The summed E-state index contributed by atoms with van der Waals surface area (Å²) in [5, 5.41) is 12.5. The van der Waals surface area contributed by atoms with Crippen molar-refractivity contribution in [3.63, 3.8) is 0 Å². The summed E-state index contributed by atoms with van der Waals surface area (Å²) in [6.45, 7) is 4.87. The molecule has 0 spiro atoms. The van der Waals surface area contributed by atoms with E-state index in [0.29, 0.717) is 0 Å². The lowest BCUT2D eigenvalue weighted by Crippen LogP contribution is -2.27. The van der Waals surface area contributed by atoms with Crippen molar-refractivity contribution in [2.45, 2.75) is 26.7 Å². The summed E-state index contributed by atoms with van der Waals surface area (Å²) < 4.78 is 5.43. The number of nitrogens with zero attached hydrogens (tertiary/aromatic N) is 1. The first-order valence-corrected chi connectivity index (χ1v) is 6.06. The van der Waals surface area contributed by atoms with Crippen LogP contribution in [0.1, 0.15) is 26.7 Å². The van der Waals surface area contributed by atoms with E-state index in [1.54, 1.807) is 7.11 Å². The number of nitrogens with one attached hydrogen (secondary N) is 1. The number of aliphatic hydroxyl groups excluding tert-OH is 1. The summed E-state index contributed by atoms with van der Waals surface area (Å²) in [6, 6.07) is 0. The summed E-state index contributed by atoms with van der Waals surface area (Å²) in [4.78, 5) is 4.45. The Balaban J connectivity index is 3.00. The van der Waals surface area contributed by atoms with Gasteiger partial charge in [-0.3, -0.25) is 4.99 Å².